The van der Waals surface area contributed by atoms with Crippen LogP contribution < -0.4 is 4.74 Å². The lowest BCUT2D eigenvalue weighted by molar-refractivity contribution is -0.109. The summed E-state index contributed by atoms with van der Waals surface area (Å²) >= 11 is 0. The lowest BCUT2D eigenvalue weighted by Gasteiger charge is -2.03. The number of rotatable bonds is 4. The van der Waals surface area contributed by atoms with E-state index >= 15 is 0 Å². The van der Waals surface area contributed by atoms with E-state index in [1.54, 1.807) is 18.5 Å². The van der Waals surface area contributed by atoms with Crippen LogP contribution >= 0.6 is 0 Å². The zero-order valence-corrected chi connectivity index (χ0v) is 10.1. The van der Waals surface area contributed by atoms with E-state index in [0.717, 1.165) is 16.9 Å². The fourth-order valence-corrected chi connectivity index (χ4v) is 1.88. The van der Waals surface area contributed by atoms with E-state index in [2.05, 4.69) is 9.97 Å². The number of aromatic nitrogens is 3. The monoisotopic (exact) mass is 253 g/mol. The molecule has 0 amide bonds. The van der Waals surface area contributed by atoms with Crippen molar-refractivity contribution in [1.29, 1.82) is 0 Å². The third kappa shape index (κ3) is 2.18. The molecule has 0 radical (unpaired) electrons. The Morgan fingerprint density at radius 1 is 1.16 bits per heavy atom. The van der Waals surface area contributed by atoms with Crippen LogP contribution in [0.3, 0.4) is 0 Å². The van der Waals surface area contributed by atoms with Crippen molar-refractivity contribution in [2.45, 2.75) is 0 Å². The van der Waals surface area contributed by atoms with Gasteiger partial charge >= 0.3 is 0 Å². The van der Waals surface area contributed by atoms with E-state index in [1.807, 2.05) is 34.9 Å². The molecule has 0 aromatic carbocycles. The molecule has 0 bridgehead atoms. The fourth-order valence-electron chi connectivity index (χ4n) is 1.88. The molecule has 0 aliphatic carbocycles. The molecule has 0 N–H and O–H groups in total. The molecule has 0 aliphatic heterocycles. The second-order valence-corrected chi connectivity index (χ2v) is 3.94. The van der Waals surface area contributed by atoms with Crippen LogP contribution in [0.25, 0.3) is 16.9 Å². The van der Waals surface area contributed by atoms with Gasteiger partial charge in [-0.15, -0.1) is 0 Å². The molecule has 0 saturated heterocycles. The molecular formula is C14H11N3O2. The van der Waals surface area contributed by atoms with E-state index in [1.165, 1.54) is 0 Å². The lowest BCUT2D eigenvalue weighted by atomic mass is 10.2. The highest BCUT2D eigenvalue weighted by Crippen LogP contribution is 2.21. The predicted octanol–water partition coefficient (Wildman–Crippen LogP) is 1.97. The number of hydrogen-bond donors (Lipinski definition) is 0. The van der Waals surface area contributed by atoms with Gasteiger partial charge in [0.05, 0.1) is 11.9 Å². The first kappa shape index (κ1) is 11.4. The van der Waals surface area contributed by atoms with E-state index in [0.29, 0.717) is 12.2 Å². The van der Waals surface area contributed by atoms with Crippen molar-refractivity contribution in [2.75, 3.05) is 6.61 Å². The Kier molecular flexibility index (Phi) is 2.94. The Balaban J connectivity index is 1.95. The van der Waals surface area contributed by atoms with Gasteiger partial charge in [0.25, 0.3) is 0 Å². The first-order valence-electron chi connectivity index (χ1n) is 5.83. The number of nitrogens with zero attached hydrogens (tertiary/aromatic N) is 3. The van der Waals surface area contributed by atoms with Gasteiger partial charge < -0.3 is 4.74 Å². The minimum absolute atomic E-state index is 0.0158. The summed E-state index contributed by atoms with van der Waals surface area (Å²) in [4.78, 5) is 18.7. The molecule has 0 spiro atoms. The van der Waals surface area contributed by atoms with Crippen LogP contribution in [0.15, 0.2) is 48.9 Å². The van der Waals surface area contributed by atoms with Crippen LogP contribution in [0, 0.1) is 0 Å². The summed E-state index contributed by atoms with van der Waals surface area (Å²) in [6, 6.07) is 9.47. The van der Waals surface area contributed by atoms with E-state index in [-0.39, 0.29) is 6.61 Å². The molecule has 0 unspecified atom stereocenters. The number of hydrogen-bond acceptors (Lipinski definition) is 4. The summed E-state index contributed by atoms with van der Waals surface area (Å²) in [6.45, 7) is 0.0158. The van der Waals surface area contributed by atoms with Crippen LogP contribution in [0.5, 0.6) is 5.88 Å². The van der Waals surface area contributed by atoms with Crippen molar-refractivity contribution < 1.29 is 9.53 Å². The van der Waals surface area contributed by atoms with Gasteiger partial charge in [0, 0.05) is 24.0 Å². The summed E-state index contributed by atoms with van der Waals surface area (Å²) in [6.07, 6.45) is 6.16. The molecule has 0 saturated carbocycles. The molecule has 3 aromatic rings. The van der Waals surface area contributed by atoms with Gasteiger partial charge in [0.15, 0.2) is 6.29 Å². The van der Waals surface area contributed by atoms with Crippen LogP contribution in [0.4, 0.5) is 0 Å². The Labute approximate surface area is 109 Å². The van der Waals surface area contributed by atoms with Crippen molar-refractivity contribution >= 4 is 11.9 Å². The highest BCUT2D eigenvalue weighted by atomic mass is 16.5. The second-order valence-electron chi connectivity index (χ2n) is 3.94. The fraction of sp³-hybridized carbons (Fsp3) is 0.0714. The van der Waals surface area contributed by atoms with E-state index in [4.69, 9.17) is 4.74 Å². The largest absolute Gasteiger partial charge is 0.470 e. The second kappa shape index (κ2) is 4.89. The average Bonchev–Trinajstić information content (AvgIpc) is 2.90. The molecule has 3 heterocycles. The van der Waals surface area contributed by atoms with Crippen LogP contribution in [-0.2, 0) is 4.79 Å². The zero-order valence-electron chi connectivity index (χ0n) is 10.1. The maximum absolute atomic E-state index is 10.2. The number of pyridine rings is 2. The predicted molar refractivity (Wildman–Crippen MR) is 70.0 cm³/mol. The molecule has 0 atom stereocenters. The number of ether oxygens (including phenoxy) is 1. The van der Waals surface area contributed by atoms with Crippen molar-refractivity contribution in [3.05, 3.63) is 48.9 Å². The summed E-state index contributed by atoms with van der Waals surface area (Å²) in [5, 5.41) is 0. The standard InChI is InChI=1S/C14H11N3O2/c18-7-8-19-14-5-4-11(9-16-14)12-10-15-13-3-1-2-6-17(12)13/h1-7,9-10H,8H2. The quantitative estimate of drug-likeness (QED) is 0.667. The molecule has 94 valence electrons. The third-order valence-electron chi connectivity index (χ3n) is 2.75. The topological polar surface area (TPSA) is 56.5 Å². The molecule has 5 heteroatoms. The minimum Gasteiger partial charge on any atom is -0.470 e. The van der Waals surface area contributed by atoms with Gasteiger partial charge in [0.1, 0.15) is 12.3 Å². The highest BCUT2D eigenvalue weighted by Gasteiger charge is 2.05. The van der Waals surface area contributed by atoms with Crippen molar-refractivity contribution in [2.24, 2.45) is 0 Å². The lowest BCUT2D eigenvalue weighted by Crippen LogP contribution is -1.99. The van der Waals surface area contributed by atoms with Crippen LogP contribution in [0.2, 0.25) is 0 Å². The van der Waals surface area contributed by atoms with Crippen molar-refractivity contribution in [3.8, 4) is 17.1 Å². The minimum atomic E-state index is 0.0158. The third-order valence-corrected chi connectivity index (χ3v) is 2.75. The van der Waals surface area contributed by atoms with E-state index in [9.17, 15) is 4.79 Å². The van der Waals surface area contributed by atoms with Gasteiger partial charge in [-0.2, -0.15) is 0 Å². The van der Waals surface area contributed by atoms with Crippen molar-refractivity contribution in [3.63, 3.8) is 0 Å². The summed E-state index contributed by atoms with van der Waals surface area (Å²) in [7, 11) is 0. The van der Waals surface area contributed by atoms with Gasteiger partial charge in [-0.3, -0.25) is 9.20 Å². The number of fused-ring (bicyclic) bond motifs is 1. The van der Waals surface area contributed by atoms with Crippen LogP contribution in [0.1, 0.15) is 0 Å². The molecule has 19 heavy (non-hydrogen) atoms. The van der Waals surface area contributed by atoms with E-state index < -0.39 is 0 Å². The normalized spacial score (nSPS) is 10.5. The Morgan fingerprint density at radius 2 is 2.11 bits per heavy atom. The van der Waals surface area contributed by atoms with Crippen LogP contribution in [-0.4, -0.2) is 27.3 Å². The SMILES string of the molecule is O=CCOc1ccc(-c2cnc3ccccn23)cn1. The molecule has 5 nitrogen and oxygen atoms in total. The first-order chi connectivity index (χ1) is 9.38. The maximum Gasteiger partial charge on any atom is 0.213 e. The number of carbonyl (C=O) groups excluding carboxylic acids is 1. The highest BCUT2D eigenvalue weighted by molar-refractivity contribution is 5.63. The van der Waals surface area contributed by atoms with Gasteiger partial charge in [0.2, 0.25) is 5.88 Å². The summed E-state index contributed by atoms with van der Waals surface area (Å²) < 4.78 is 7.10. The Hall–Kier alpha value is -2.69. The van der Waals surface area contributed by atoms with Gasteiger partial charge in [-0.25, -0.2) is 9.97 Å². The molecular weight excluding hydrogens is 242 g/mol. The summed E-state index contributed by atoms with van der Waals surface area (Å²) in [5.74, 6) is 0.435. The Bertz CT molecular complexity index is 704. The molecule has 0 fully saturated rings. The average molecular weight is 253 g/mol. The maximum atomic E-state index is 10.2. The number of aldehydes is 1. The van der Waals surface area contributed by atoms with Gasteiger partial charge in [-0.05, 0) is 18.2 Å². The smallest absolute Gasteiger partial charge is 0.213 e. The number of imidazole rings is 1. The number of carbonyl (C=O) groups is 1. The molecule has 0 aliphatic rings. The molecule has 3 rings (SSSR count). The first-order valence-corrected chi connectivity index (χ1v) is 5.83. The Morgan fingerprint density at radius 3 is 2.89 bits per heavy atom. The van der Waals surface area contributed by atoms with Gasteiger partial charge in [-0.1, -0.05) is 6.07 Å². The zero-order chi connectivity index (χ0) is 13.1. The summed E-state index contributed by atoms with van der Waals surface area (Å²) in [5.41, 5.74) is 2.79. The molecule has 3 aromatic heterocycles. The van der Waals surface area contributed by atoms with Crippen molar-refractivity contribution in [1.82, 2.24) is 14.4 Å².